The number of hydrogen-bond donors (Lipinski definition) is 0. The summed E-state index contributed by atoms with van der Waals surface area (Å²) in [5.41, 5.74) is 0.372. The quantitative estimate of drug-likeness (QED) is 0.769. The van der Waals surface area contributed by atoms with Gasteiger partial charge in [-0.15, -0.1) is 11.3 Å². The lowest BCUT2D eigenvalue weighted by atomic mass is 9.78. The highest BCUT2D eigenvalue weighted by atomic mass is 32.1. The van der Waals surface area contributed by atoms with Crippen molar-refractivity contribution in [1.29, 1.82) is 0 Å². The van der Waals surface area contributed by atoms with Gasteiger partial charge >= 0.3 is 6.09 Å². The predicted octanol–water partition coefficient (Wildman–Crippen LogP) is 4.28. The van der Waals surface area contributed by atoms with Crippen LogP contribution in [0.5, 0.6) is 0 Å². The van der Waals surface area contributed by atoms with E-state index in [4.69, 9.17) is 4.74 Å². The van der Waals surface area contributed by atoms with Gasteiger partial charge in [0.25, 0.3) is 0 Å². The van der Waals surface area contributed by atoms with Gasteiger partial charge < -0.3 is 9.64 Å². The molecule has 2 unspecified atom stereocenters. The first kappa shape index (κ1) is 16.5. The van der Waals surface area contributed by atoms with Crippen molar-refractivity contribution >= 4 is 23.2 Å². The molecule has 0 bridgehead atoms. The van der Waals surface area contributed by atoms with Crippen molar-refractivity contribution in [2.75, 3.05) is 6.54 Å². The van der Waals surface area contributed by atoms with Crippen LogP contribution in [0.2, 0.25) is 0 Å². The molecular formula is C18H25NO3S. The average Bonchev–Trinajstić information content (AvgIpc) is 2.95. The number of rotatable bonds is 1. The lowest BCUT2D eigenvalue weighted by molar-refractivity contribution is 0.00187. The van der Waals surface area contributed by atoms with Gasteiger partial charge in [0.15, 0.2) is 5.78 Å². The van der Waals surface area contributed by atoms with E-state index in [0.717, 1.165) is 37.7 Å². The minimum Gasteiger partial charge on any atom is -0.444 e. The second-order valence-corrected chi connectivity index (χ2v) is 8.50. The molecule has 1 aliphatic heterocycles. The smallest absolute Gasteiger partial charge is 0.410 e. The fraction of sp³-hybridized carbons (Fsp3) is 0.667. The second kappa shape index (κ2) is 6.27. The number of piperidine rings is 1. The van der Waals surface area contributed by atoms with Crippen LogP contribution < -0.4 is 0 Å². The van der Waals surface area contributed by atoms with Crippen LogP contribution in [0, 0.1) is 5.92 Å². The van der Waals surface area contributed by atoms with Crippen LogP contribution in [0.3, 0.4) is 0 Å². The number of aryl methyl sites for hydroxylation is 1. The van der Waals surface area contributed by atoms with Crippen LogP contribution in [0.25, 0.3) is 0 Å². The van der Waals surface area contributed by atoms with Crippen LogP contribution in [0.15, 0.2) is 11.4 Å². The van der Waals surface area contributed by atoms with Gasteiger partial charge in [0.2, 0.25) is 0 Å². The molecule has 1 aromatic rings. The van der Waals surface area contributed by atoms with E-state index in [1.54, 1.807) is 11.3 Å². The van der Waals surface area contributed by atoms with Crippen molar-refractivity contribution in [2.45, 2.75) is 64.5 Å². The summed E-state index contributed by atoms with van der Waals surface area (Å²) in [5.74, 6) is 0.137. The summed E-state index contributed by atoms with van der Waals surface area (Å²) in [6.07, 6.45) is 4.48. The highest BCUT2D eigenvalue weighted by Crippen LogP contribution is 2.36. The molecule has 0 N–H and O–H groups in total. The van der Waals surface area contributed by atoms with Gasteiger partial charge in [0, 0.05) is 28.9 Å². The van der Waals surface area contributed by atoms with Crippen molar-refractivity contribution in [3.8, 4) is 0 Å². The van der Waals surface area contributed by atoms with E-state index >= 15 is 0 Å². The number of nitrogens with zero attached hydrogens (tertiary/aromatic N) is 1. The number of Topliss-reactive ketones (excluding diaryl/α,β-unsaturated/α-hetero) is 1. The van der Waals surface area contributed by atoms with Crippen molar-refractivity contribution in [3.05, 3.63) is 21.9 Å². The molecule has 1 amide bonds. The standard InChI is InChI=1S/C18H25NO3S/c1-18(2,3)22-17(21)19-10-5-4-6-14(19)12-7-8-15-13(16(12)20)9-11-23-15/h9,11-12,14H,4-8,10H2,1-3H3. The van der Waals surface area contributed by atoms with E-state index in [1.165, 1.54) is 4.88 Å². The van der Waals surface area contributed by atoms with E-state index in [-0.39, 0.29) is 23.8 Å². The lowest BCUT2D eigenvalue weighted by Crippen LogP contribution is -2.51. The summed E-state index contributed by atoms with van der Waals surface area (Å²) in [7, 11) is 0. The predicted molar refractivity (Wildman–Crippen MR) is 91.0 cm³/mol. The maximum absolute atomic E-state index is 12.9. The molecule has 126 valence electrons. The molecule has 5 heteroatoms. The maximum Gasteiger partial charge on any atom is 0.410 e. The molecule has 23 heavy (non-hydrogen) atoms. The molecule has 2 aliphatic rings. The Hall–Kier alpha value is -1.36. The summed E-state index contributed by atoms with van der Waals surface area (Å²) in [4.78, 5) is 28.4. The Balaban J connectivity index is 1.79. The molecule has 1 saturated heterocycles. The van der Waals surface area contributed by atoms with Crippen molar-refractivity contribution in [2.24, 2.45) is 5.92 Å². The number of ketones is 1. The van der Waals surface area contributed by atoms with Gasteiger partial charge in [-0.3, -0.25) is 4.79 Å². The topological polar surface area (TPSA) is 46.6 Å². The number of carbonyl (C=O) groups is 2. The third-order valence-corrected chi connectivity index (χ3v) is 5.65. The molecule has 0 radical (unpaired) electrons. The minimum absolute atomic E-state index is 0.0147. The Morgan fingerprint density at radius 2 is 2.09 bits per heavy atom. The zero-order valence-electron chi connectivity index (χ0n) is 14.1. The minimum atomic E-state index is -0.504. The highest BCUT2D eigenvalue weighted by molar-refractivity contribution is 7.10. The Labute approximate surface area is 141 Å². The fourth-order valence-electron chi connectivity index (χ4n) is 3.66. The molecular weight excluding hydrogens is 310 g/mol. The Morgan fingerprint density at radius 3 is 2.83 bits per heavy atom. The summed E-state index contributed by atoms with van der Waals surface area (Å²) < 4.78 is 5.57. The van der Waals surface area contributed by atoms with E-state index < -0.39 is 5.60 Å². The molecule has 0 spiro atoms. The van der Waals surface area contributed by atoms with Gasteiger partial charge in [-0.25, -0.2) is 4.79 Å². The molecule has 1 aliphatic carbocycles. The number of thiophene rings is 1. The fourth-order valence-corrected chi connectivity index (χ4v) is 4.56. The number of amides is 1. The maximum atomic E-state index is 12.9. The molecule has 2 atom stereocenters. The molecule has 1 fully saturated rings. The average molecular weight is 335 g/mol. The van der Waals surface area contributed by atoms with E-state index in [0.29, 0.717) is 6.54 Å². The van der Waals surface area contributed by atoms with Crippen molar-refractivity contribution in [3.63, 3.8) is 0 Å². The van der Waals surface area contributed by atoms with Gasteiger partial charge in [-0.1, -0.05) is 0 Å². The monoisotopic (exact) mass is 335 g/mol. The first-order valence-corrected chi connectivity index (χ1v) is 9.35. The van der Waals surface area contributed by atoms with Gasteiger partial charge in [-0.05, 0) is 64.3 Å². The first-order valence-electron chi connectivity index (χ1n) is 8.47. The van der Waals surface area contributed by atoms with E-state index in [1.807, 2.05) is 37.1 Å². The largest absolute Gasteiger partial charge is 0.444 e. The van der Waals surface area contributed by atoms with Crippen LogP contribution in [-0.2, 0) is 11.2 Å². The summed E-state index contributed by atoms with van der Waals surface area (Å²) >= 11 is 1.67. The molecule has 0 aromatic carbocycles. The summed E-state index contributed by atoms with van der Waals surface area (Å²) in [5, 5.41) is 2.00. The third kappa shape index (κ3) is 3.44. The normalized spacial score (nSPS) is 25.2. The van der Waals surface area contributed by atoms with Crippen molar-refractivity contribution < 1.29 is 14.3 Å². The lowest BCUT2D eigenvalue weighted by Gasteiger charge is -2.41. The number of carbonyl (C=O) groups excluding carboxylic acids is 2. The van der Waals surface area contributed by atoms with Gasteiger partial charge in [0.1, 0.15) is 5.60 Å². The number of likely N-dealkylation sites (tertiary alicyclic amines) is 1. The zero-order valence-corrected chi connectivity index (χ0v) is 14.9. The van der Waals surface area contributed by atoms with Crippen LogP contribution in [0.1, 0.15) is 61.7 Å². The highest BCUT2D eigenvalue weighted by Gasteiger charge is 2.40. The summed E-state index contributed by atoms with van der Waals surface area (Å²) in [6.45, 7) is 6.34. The van der Waals surface area contributed by atoms with Crippen LogP contribution >= 0.6 is 11.3 Å². The number of ether oxygens (including phenoxy) is 1. The first-order chi connectivity index (χ1) is 10.9. The molecule has 1 aromatic heterocycles. The number of hydrogen-bond acceptors (Lipinski definition) is 4. The van der Waals surface area contributed by atoms with Crippen molar-refractivity contribution in [1.82, 2.24) is 4.90 Å². The summed E-state index contributed by atoms with van der Waals surface area (Å²) in [6, 6.07) is 1.92. The third-order valence-electron chi connectivity index (χ3n) is 4.67. The molecule has 2 heterocycles. The molecule has 4 nitrogen and oxygen atoms in total. The Kier molecular flexibility index (Phi) is 4.50. The molecule has 0 saturated carbocycles. The zero-order chi connectivity index (χ0) is 16.6. The Morgan fingerprint density at radius 1 is 1.30 bits per heavy atom. The Bertz CT molecular complexity index is 602. The molecule has 3 rings (SSSR count). The van der Waals surface area contributed by atoms with E-state index in [9.17, 15) is 9.59 Å². The van der Waals surface area contributed by atoms with Gasteiger partial charge in [0.05, 0.1) is 0 Å². The SMILES string of the molecule is CC(C)(C)OC(=O)N1CCCCC1C1CCc2sccc2C1=O. The second-order valence-electron chi connectivity index (χ2n) is 7.50. The van der Waals surface area contributed by atoms with E-state index in [2.05, 4.69) is 0 Å². The number of fused-ring (bicyclic) bond motifs is 1. The van der Waals surface area contributed by atoms with Gasteiger partial charge in [-0.2, -0.15) is 0 Å². The van der Waals surface area contributed by atoms with Crippen LogP contribution in [-0.4, -0.2) is 35.0 Å². The van der Waals surface area contributed by atoms with Crippen LogP contribution in [0.4, 0.5) is 4.79 Å².